The summed E-state index contributed by atoms with van der Waals surface area (Å²) in [7, 11) is 3.61. The Kier molecular flexibility index (Phi) is 5.08. The quantitative estimate of drug-likeness (QED) is 0.857. The van der Waals surface area contributed by atoms with E-state index < -0.39 is 0 Å². The van der Waals surface area contributed by atoms with Crippen molar-refractivity contribution in [3.8, 4) is 5.75 Å². The molecule has 0 saturated carbocycles. The molecule has 0 aliphatic carbocycles. The van der Waals surface area contributed by atoms with E-state index in [-0.39, 0.29) is 6.04 Å². The van der Waals surface area contributed by atoms with Crippen molar-refractivity contribution >= 4 is 27.5 Å². The summed E-state index contributed by atoms with van der Waals surface area (Å²) in [6.45, 7) is 2.09. The van der Waals surface area contributed by atoms with E-state index in [9.17, 15) is 0 Å². The maximum absolute atomic E-state index is 6.13. The maximum Gasteiger partial charge on any atom is 0.133 e. The van der Waals surface area contributed by atoms with Gasteiger partial charge in [-0.1, -0.05) is 23.7 Å². The lowest BCUT2D eigenvalue weighted by molar-refractivity contribution is 0.412. The van der Waals surface area contributed by atoms with Crippen molar-refractivity contribution in [1.82, 2.24) is 5.32 Å². The first-order chi connectivity index (χ1) is 9.56. The summed E-state index contributed by atoms with van der Waals surface area (Å²) in [5.74, 6) is 0.825. The third-order valence-corrected chi connectivity index (χ3v) is 4.20. The van der Waals surface area contributed by atoms with Gasteiger partial charge in [-0.25, -0.2) is 0 Å². The van der Waals surface area contributed by atoms with Gasteiger partial charge in [0.2, 0.25) is 0 Å². The smallest absolute Gasteiger partial charge is 0.133 e. The first-order valence-electron chi connectivity index (χ1n) is 6.33. The van der Waals surface area contributed by atoms with Gasteiger partial charge in [-0.05, 0) is 70.9 Å². The second-order valence-electron chi connectivity index (χ2n) is 4.62. The Bertz CT molecular complexity index is 615. The summed E-state index contributed by atoms with van der Waals surface area (Å²) in [6, 6.07) is 12.2. The van der Waals surface area contributed by atoms with E-state index in [2.05, 4.69) is 40.3 Å². The Balaban J connectivity index is 2.46. The van der Waals surface area contributed by atoms with Gasteiger partial charge in [-0.15, -0.1) is 0 Å². The van der Waals surface area contributed by atoms with Crippen LogP contribution in [0.25, 0.3) is 0 Å². The Morgan fingerprint density at radius 2 is 1.95 bits per heavy atom. The topological polar surface area (TPSA) is 21.3 Å². The maximum atomic E-state index is 6.13. The number of hydrogen-bond acceptors (Lipinski definition) is 2. The van der Waals surface area contributed by atoms with Gasteiger partial charge < -0.3 is 10.1 Å². The molecular weight excluding hydrogens is 338 g/mol. The molecule has 1 atom stereocenters. The van der Waals surface area contributed by atoms with Gasteiger partial charge in [-0.2, -0.15) is 0 Å². The number of nitrogens with one attached hydrogen (secondary N) is 1. The van der Waals surface area contributed by atoms with Crippen LogP contribution >= 0.6 is 27.5 Å². The molecule has 0 spiro atoms. The van der Waals surface area contributed by atoms with Crippen LogP contribution in [0.4, 0.5) is 0 Å². The molecule has 20 heavy (non-hydrogen) atoms. The standard InChI is InChI=1S/C16H17BrClNO/c1-10-4-6-12(18)9-13(10)16(19-2)11-5-7-15(20-3)14(17)8-11/h4-9,16,19H,1-3H3. The van der Waals surface area contributed by atoms with E-state index in [1.807, 2.05) is 31.3 Å². The molecule has 0 heterocycles. The molecule has 0 radical (unpaired) electrons. The van der Waals surface area contributed by atoms with Gasteiger partial charge in [-0.3, -0.25) is 0 Å². The van der Waals surface area contributed by atoms with Gasteiger partial charge in [0.05, 0.1) is 17.6 Å². The zero-order chi connectivity index (χ0) is 14.7. The predicted molar refractivity (Wildman–Crippen MR) is 87.8 cm³/mol. The molecule has 1 unspecified atom stereocenters. The number of benzene rings is 2. The molecule has 0 aliphatic rings. The fraction of sp³-hybridized carbons (Fsp3) is 0.250. The van der Waals surface area contributed by atoms with Crippen LogP contribution in [-0.4, -0.2) is 14.2 Å². The first kappa shape index (κ1) is 15.4. The first-order valence-corrected chi connectivity index (χ1v) is 7.50. The number of methoxy groups -OCH3 is 1. The molecule has 2 aromatic carbocycles. The molecule has 0 amide bonds. The normalized spacial score (nSPS) is 12.2. The molecule has 2 aromatic rings. The van der Waals surface area contributed by atoms with Crippen molar-refractivity contribution in [2.45, 2.75) is 13.0 Å². The van der Waals surface area contributed by atoms with Gasteiger partial charge in [0.25, 0.3) is 0 Å². The summed E-state index contributed by atoms with van der Waals surface area (Å²) in [5, 5.41) is 4.10. The van der Waals surface area contributed by atoms with Crippen molar-refractivity contribution in [3.05, 3.63) is 62.6 Å². The molecule has 2 rings (SSSR count). The lowest BCUT2D eigenvalue weighted by Crippen LogP contribution is -2.18. The Morgan fingerprint density at radius 1 is 1.20 bits per heavy atom. The van der Waals surface area contributed by atoms with Crippen molar-refractivity contribution in [2.24, 2.45) is 0 Å². The van der Waals surface area contributed by atoms with Crippen molar-refractivity contribution in [1.29, 1.82) is 0 Å². The summed E-state index contributed by atoms with van der Waals surface area (Å²) in [6.07, 6.45) is 0. The fourth-order valence-electron chi connectivity index (χ4n) is 2.29. The SMILES string of the molecule is CNC(c1ccc(OC)c(Br)c1)c1cc(Cl)ccc1C. The van der Waals surface area contributed by atoms with Crippen LogP contribution in [-0.2, 0) is 0 Å². The number of aryl methyl sites for hydroxylation is 1. The molecular formula is C16H17BrClNO. The third-order valence-electron chi connectivity index (χ3n) is 3.35. The van der Waals surface area contributed by atoms with Gasteiger partial charge in [0.1, 0.15) is 5.75 Å². The minimum atomic E-state index is 0.0934. The minimum absolute atomic E-state index is 0.0934. The van der Waals surface area contributed by atoms with E-state index in [4.69, 9.17) is 16.3 Å². The van der Waals surface area contributed by atoms with Crippen LogP contribution < -0.4 is 10.1 Å². The molecule has 0 fully saturated rings. The fourth-order valence-corrected chi connectivity index (χ4v) is 3.03. The predicted octanol–water partition coefficient (Wildman–Crippen LogP) is 4.73. The zero-order valence-electron chi connectivity index (χ0n) is 11.7. The average Bonchev–Trinajstić information content (AvgIpc) is 2.44. The molecule has 0 bridgehead atoms. The van der Waals surface area contributed by atoms with Crippen LogP contribution in [0.5, 0.6) is 5.75 Å². The van der Waals surface area contributed by atoms with Gasteiger partial charge in [0, 0.05) is 5.02 Å². The largest absolute Gasteiger partial charge is 0.496 e. The second-order valence-corrected chi connectivity index (χ2v) is 5.91. The lowest BCUT2D eigenvalue weighted by Gasteiger charge is -2.20. The molecule has 0 aromatic heterocycles. The summed E-state index contributed by atoms with van der Waals surface area (Å²) in [4.78, 5) is 0. The monoisotopic (exact) mass is 353 g/mol. The Morgan fingerprint density at radius 3 is 2.55 bits per heavy atom. The van der Waals surface area contributed by atoms with E-state index >= 15 is 0 Å². The van der Waals surface area contributed by atoms with Gasteiger partial charge in [0.15, 0.2) is 0 Å². The number of ether oxygens (including phenoxy) is 1. The van der Waals surface area contributed by atoms with E-state index in [1.165, 1.54) is 11.1 Å². The van der Waals surface area contributed by atoms with Gasteiger partial charge >= 0.3 is 0 Å². The summed E-state index contributed by atoms with van der Waals surface area (Å²) < 4.78 is 6.22. The number of hydrogen-bond donors (Lipinski definition) is 1. The summed E-state index contributed by atoms with van der Waals surface area (Å²) in [5.41, 5.74) is 3.54. The highest BCUT2D eigenvalue weighted by Gasteiger charge is 2.16. The van der Waals surface area contributed by atoms with Crippen LogP contribution in [0.15, 0.2) is 40.9 Å². The number of rotatable bonds is 4. The molecule has 1 N–H and O–H groups in total. The highest BCUT2D eigenvalue weighted by Crippen LogP contribution is 2.32. The zero-order valence-corrected chi connectivity index (χ0v) is 14.0. The molecule has 0 aliphatic heterocycles. The van der Waals surface area contributed by atoms with E-state index in [0.29, 0.717) is 0 Å². The van der Waals surface area contributed by atoms with E-state index in [1.54, 1.807) is 7.11 Å². The molecule has 106 valence electrons. The van der Waals surface area contributed by atoms with Crippen molar-refractivity contribution in [2.75, 3.05) is 14.2 Å². The summed E-state index contributed by atoms with van der Waals surface area (Å²) >= 11 is 9.66. The second kappa shape index (κ2) is 6.61. The molecule has 4 heteroatoms. The van der Waals surface area contributed by atoms with Crippen LogP contribution in [0.1, 0.15) is 22.7 Å². The van der Waals surface area contributed by atoms with Crippen molar-refractivity contribution in [3.63, 3.8) is 0 Å². The van der Waals surface area contributed by atoms with Crippen LogP contribution in [0, 0.1) is 6.92 Å². The van der Waals surface area contributed by atoms with E-state index in [0.717, 1.165) is 20.8 Å². The third kappa shape index (κ3) is 3.17. The van der Waals surface area contributed by atoms with Crippen molar-refractivity contribution < 1.29 is 4.74 Å². The number of halogens is 2. The van der Waals surface area contributed by atoms with Crippen LogP contribution in [0.3, 0.4) is 0 Å². The Labute approximate surface area is 133 Å². The molecule has 0 saturated heterocycles. The highest BCUT2D eigenvalue weighted by atomic mass is 79.9. The minimum Gasteiger partial charge on any atom is -0.496 e. The van der Waals surface area contributed by atoms with Crippen LogP contribution in [0.2, 0.25) is 5.02 Å². The highest BCUT2D eigenvalue weighted by molar-refractivity contribution is 9.10. The Hall–Kier alpha value is -1.03. The lowest BCUT2D eigenvalue weighted by atomic mass is 9.95. The average molecular weight is 355 g/mol. The molecule has 2 nitrogen and oxygen atoms in total.